The van der Waals surface area contributed by atoms with Gasteiger partial charge in [-0.1, -0.05) is 24.6 Å². The topological polar surface area (TPSA) is 73.2 Å². The number of carbonyl (C=O) groups is 1. The number of benzene rings is 1. The molecule has 0 bridgehead atoms. The number of ether oxygens (including phenoxy) is 1. The highest BCUT2D eigenvalue weighted by atomic mass is 16.5. The minimum absolute atomic E-state index is 0.0959. The lowest BCUT2D eigenvalue weighted by Gasteiger charge is -2.16. The molecule has 1 amide bonds. The van der Waals surface area contributed by atoms with Gasteiger partial charge < -0.3 is 10.1 Å². The molecular weight excluding hydrogens is 342 g/mol. The van der Waals surface area contributed by atoms with E-state index in [0.717, 1.165) is 42.5 Å². The van der Waals surface area contributed by atoms with Crippen molar-refractivity contribution in [2.75, 3.05) is 7.11 Å². The Balaban J connectivity index is 1.63. The van der Waals surface area contributed by atoms with E-state index in [2.05, 4.69) is 10.4 Å². The lowest BCUT2D eigenvalue weighted by molar-refractivity contribution is -0.121. The van der Waals surface area contributed by atoms with Gasteiger partial charge in [-0.3, -0.25) is 9.59 Å². The van der Waals surface area contributed by atoms with Crippen molar-refractivity contribution in [2.45, 2.75) is 58.0 Å². The average molecular weight is 369 g/mol. The number of hydrogen-bond donors (Lipinski definition) is 1. The van der Waals surface area contributed by atoms with Crippen LogP contribution in [0.25, 0.3) is 0 Å². The monoisotopic (exact) mass is 369 g/mol. The Kier molecular flexibility index (Phi) is 6.27. The van der Waals surface area contributed by atoms with Gasteiger partial charge in [0.05, 0.1) is 25.8 Å². The molecule has 1 aromatic heterocycles. The van der Waals surface area contributed by atoms with Gasteiger partial charge in [0.25, 0.3) is 5.56 Å². The van der Waals surface area contributed by atoms with Crippen molar-refractivity contribution in [3.63, 3.8) is 0 Å². The maximum atomic E-state index is 12.4. The fourth-order valence-electron chi connectivity index (χ4n) is 3.56. The molecule has 0 fully saturated rings. The third-order valence-electron chi connectivity index (χ3n) is 4.92. The van der Waals surface area contributed by atoms with Crippen LogP contribution in [0, 0.1) is 0 Å². The minimum atomic E-state index is -0.193. The number of rotatable bonds is 6. The molecule has 2 aromatic rings. The number of carbonyl (C=O) groups excluding carboxylic acids is 1. The second-order valence-electron chi connectivity index (χ2n) is 7.15. The molecule has 0 aliphatic heterocycles. The molecule has 144 valence electrons. The van der Waals surface area contributed by atoms with E-state index in [0.29, 0.717) is 12.3 Å². The van der Waals surface area contributed by atoms with Crippen molar-refractivity contribution in [1.29, 1.82) is 0 Å². The van der Waals surface area contributed by atoms with Gasteiger partial charge in [0.1, 0.15) is 5.75 Å². The summed E-state index contributed by atoms with van der Waals surface area (Å²) in [5, 5.41) is 7.52. The number of amides is 1. The molecular formula is C21H27N3O3. The molecule has 0 saturated heterocycles. The summed E-state index contributed by atoms with van der Waals surface area (Å²) in [6.45, 7) is 2.25. The second-order valence-corrected chi connectivity index (χ2v) is 7.15. The summed E-state index contributed by atoms with van der Waals surface area (Å²) in [5.74, 6) is 0.596. The van der Waals surface area contributed by atoms with Gasteiger partial charge in [-0.2, -0.15) is 5.10 Å². The number of para-hydroxylation sites is 1. The minimum Gasteiger partial charge on any atom is -0.496 e. The number of hydrogen-bond acceptors (Lipinski definition) is 4. The average Bonchev–Trinajstić information content (AvgIpc) is 2.87. The summed E-state index contributed by atoms with van der Waals surface area (Å²) in [6, 6.07) is 9.00. The van der Waals surface area contributed by atoms with Crippen LogP contribution < -0.4 is 15.6 Å². The van der Waals surface area contributed by atoms with Crippen LogP contribution in [0.5, 0.6) is 5.75 Å². The summed E-state index contributed by atoms with van der Waals surface area (Å²) in [5.41, 5.74) is 2.85. The zero-order valence-corrected chi connectivity index (χ0v) is 16.0. The van der Waals surface area contributed by atoms with E-state index < -0.39 is 0 Å². The van der Waals surface area contributed by atoms with Crippen molar-refractivity contribution in [3.05, 3.63) is 57.5 Å². The molecule has 1 aliphatic carbocycles. The number of nitrogens with zero attached hydrogens (tertiary/aromatic N) is 2. The number of methoxy groups -OCH3 is 1. The first kappa shape index (κ1) is 19.1. The van der Waals surface area contributed by atoms with E-state index in [4.69, 9.17) is 4.74 Å². The molecule has 0 unspecified atom stereocenters. The normalized spacial score (nSPS) is 14.7. The molecule has 1 aromatic carbocycles. The van der Waals surface area contributed by atoms with Crippen LogP contribution in [0.15, 0.2) is 35.1 Å². The van der Waals surface area contributed by atoms with Crippen molar-refractivity contribution >= 4 is 5.91 Å². The summed E-state index contributed by atoms with van der Waals surface area (Å²) < 4.78 is 6.77. The first-order valence-corrected chi connectivity index (χ1v) is 9.58. The third-order valence-corrected chi connectivity index (χ3v) is 4.92. The Labute approximate surface area is 159 Å². The van der Waals surface area contributed by atoms with Crippen molar-refractivity contribution in [2.24, 2.45) is 0 Å². The smallest absolute Gasteiger partial charge is 0.267 e. The molecule has 6 heteroatoms. The van der Waals surface area contributed by atoms with E-state index in [1.807, 2.05) is 31.2 Å². The molecule has 3 rings (SSSR count). The zero-order valence-electron chi connectivity index (χ0n) is 16.0. The second kappa shape index (κ2) is 8.84. The highest BCUT2D eigenvalue weighted by Gasteiger charge is 2.15. The van der Waals surface area contributed by atoms with Crippen molar-refractivity contribution < 1.29 is 9.53 Å². The van der Waals surface area contributed by atoms with Gasteiger partial charge in [0.2, 0.25) is 5.91 Å². The van der Waals surface area contributed by atoms with Crippen molar-refractivity contribution in [3.8, 4) is 5.75 Å². The Hall–Kier alpha value is -2.63. The molecule has 0 radical (unpaired) electrons. The van der Waals surface area contributed by atoms with E-state index in [1.165, 1.54) is 11.1 Å². The van der Waals surface area contributed by atoms with Crippen LogP contribution in [0.2, 0.25) is 0 Å². The van der Waals surface area contributed by atoms with E-state index in [9.17, 15) is 9.59 Å². The fraction of sp³-hybridized carbons (Fsp3) is 0.476. The van der Waals surface area contributed by atoms with Crippen LogP contribution in [0.3, 0.4) is 0 Å². The summed E-state index contributed by atoms with van der Waals surface area (Å²) >= 11 is 0. The van der Waals surface area contributed by atoms with Crippen LogP contribution in [-0.2, 0) is 30.6 Å². The fourth-order valence-corrected chi connectivity index (χ4v) is 3.56. The molecule has 1 atom stereocenters. The first-order valence-electron chi connectivity index (χ1n) is 9.58. The number of nitrogens with one attached hydrogen (secondary N) is 1. The predicted molar refractivity (Wildman–Crippen MR) is 104 cm³/mol. The highest BCUT2D eigenvalue weighted by molar-refractivity contribution is 5.79. The Morgan fingerprint density at radius 3 is 2.85 bits per heavy atom. The maximum Gasteiger partial charge on any atom is 0.267 e. The van der Waals surface area contributed by atoms with E-state index in [-0.39, 0.29) is 23.9 Å². The Morgan fingerprint density at radius 2 is 2.04 bits per heavy atom. The van der Waals surface area contributed by atoms with Gasteiger partial charge in [0, 0.05) is 17.7 Å². The number of aryl methyl sites for hydroxylation is 2. The quantitative estimate of drug-likeness (QED) is 0.793. The molecule has 0 spiro atoms. The van der Waals surface area contributed by atoms with Gasteiger partial charge in [0.15, 0.2) is 0 Å². The standard InChI is InChI=1S/C21H27N3O3/c1-15(22-20(25)12-17-9-6-7-11-19(17)27-2)14-24-21(26)13-16-8-4-3-5-10-18(16)23-24/h6-7,9,11,13,15H,3-5,8,10,12,14H2,1-2H3,(H,22,25)/t15-/m1/s1. The van der Waals surface area contributed by atoms with Gasteiger partial charge in [-0.15, -0.1) is 0 Å². The van der Waals surface area contributed by atoms with Crippen LogP contribution in [-0.4, -0.2) is 28.8 Å². The molecule has 27 heavy (non-hydrogen) atoms. The Bertz CT molecular complexity index is 860. The largest absolute Gasteiger partial charge is 0.496 e. The van der Waals surface area contributed by atoms with Crippen LogP contribution in [0.1, 0.15) is 43.0 Å². The van der Waals surface area contributed by atoms with Crippen molar-refractivity contribution in [1.82, 2.24) is 15.1 Å². The lowest BCUT2D eigenvalue weighted by Crippen LogP contribution is -2.40. The van der Waals surface area contributed by atoms with Gasteiger partial charge >= 0.3 is 0 Å². The lowest BCUT2D eigenvalue weighted by atomic mass is 10.1. The van der Waals surface area contributed by atoms with Crippen LogP contribution >= 0.6 is 0 Å². The number of fused-ring (bicyclic) bond motifs is 1. The first-order chi connectivity index (χ1) is 13.1. The SMILES string of the molecule is COc1ccccc1CC(=O)N[C@H](C)Cn1nc2c(cc1=O)CCCCC2. The third kappa shape index (κ3) is 4.96. The Morgan fingerprint density at radius 1 is 1.26 bits per heavy atom. The highest BCUT2D eigenvalue weighted by Crippen LogP contribution is 2.18. The molecule has 0 saturated carbocycles. The van der Waals surface area contributed by atoms with Gasteiger partial charge in [-0.25, -0.2) is 4.68 Å². The van der Waals surface area contributed by atoms with E-state index in [1.54, 1.807) is 13.2 Å². The summed E-state index contributed by atoms with van der Waals surface area (Å²) in [7, 11) is 1.59. The maximum absolute atomic E-state index is 12.4. The predicted octanol–water partition coefficient (Wildman–Crippen LogP) is 2.27. The molecule has 1 heterocycles. The molecule has 6 nitrogen and oxygen atoms in total. The zero-order chi connectivity index (χ0) is 19.2. The van der Waals surface area contributed by atoms with E-state index >= 15 is 0 Å². The molecule has 1 N–H and O–H groups in total. The van der Waals surface area contributed by atoms with Crippen LogP contribution in [0.4, 0.5) is 0 Å². The van der Waals surface area contributed by atoms with Gasteiger partial charge in [-0.05, 0) is 44.2 Å². The number of aromatic nitrogens is 2. The summed E-state index contributed by atoms with van der Waals surface area (Å²) in [6.07, 6.45) is 5.51. The molecule has 1 aliphatic rings. The summed E-state index contributed by atoms with van der Waals surface area (Å²) in [4.78, 5) is 24.7.